The second kappa shape index (κ2) is 8.96. The van der Waals surface area contributed by atoms with Crippen LogP contribution in [0.3, 0.4) is 0 Å². The molecule has 0 bridgehead atoms. The lowest BCUT2D eigenvalue weighted by Crippen LogP contribution is -2.31. The molecule has 3 heterocycles. The van der Waals surface area contributed by atoms with Gasteiger partial charge in [0.1, 0.15) is 0 Å². The Balaban J connectivity index is 1.51. The van der Waals surface area contributed by atoms with Gasteiger partial charge in [0.25, 0.3) is 5.91 Å². The zero-order valence-electron chi connectivity index (χ0n) is 18.2. The van der Waals surface area contributed by atoms with Crippen LogP contribution in [0, 0.1) is 6.92 Å². The van der Waals surface area contributed by atoms with E-state index in [4.69, 9.17) is 16.6 Å². The van der Waals surface area contributed by atoms with Gasteiger partial charge in [-0.1, -0.05) is 29.0 Å². The Morgan fingerprint density at radius 3 is 2.47 bits per heavy atom. The SMILES string of the molecule is Cc1c(Cl)ccc2sc(N(Cc3ccccn3)C(=O)c3ccc(N4C(=O)CCC4=O)cc3)nc12. The maximum Gasteiger partial charge on any atom is 0.260 e. The number of aryl methyl sites for hydroxylation is 1. The van der Waals surface area contributed by atoms with Crippen LogP contribution in [-0.2, 0) is 16.1 Å². The fourth-order valence-corrected chi connectivity index (χ4v) is 5.03. The third-order valence-corrected chi connectivity index (χ3v) is 7.14. The molecule has 0 spiro atoms. The zero-order chi connectivity index (χ0) is 23.8. The fraction of sp³-hybridized carbons (Fsp3) is 0.160. The van der Waals surface area contributed by atoms with E-state index >= 15 is 0 Å². The summed E-state index contributed by atoms with van der Waals surface area (Å²) >= 11 is 7.68. The van der Waals surface area contributed by atoms with Gasteiger partial charge in [-0.3, -0.25) is 29.2 Å². The van der Waals surface area contributed by atoms with Gasteiger partial charge >= 0.3 is 0 Å². The van der Waals surface area contributed by atoms with Crippen LogP contribution in [0.5, 0.6) is 0 Å². The van der Waals surface area contributed by atoms with Crippen LogP contribution >= 0.6 is 22.9 Å². The number of thiazole rings is 1. The molecule has 1 fully saturated rings. The van der Waals surface area contributed by atoms with Gasteiger partial charge in [0.05, 0.1) is 28.1 Å². The minimum Gasteiger partial charge on any atom is -0.278 e. The molecule has 5 rings (SSSR count). The summed E-state index contributed by atoms with van der Waals surface area (Å²) in [6.07, 6.45) is 2.09. The molecule has 2 aromatic carbocycles. The van der Waals surface area contributed by atoms with Gasteiger partial charge in [-0.2, -0.15) is 0 Å². The molecule has 34 heavy (non-hydrogen) atoms. The third kappa shape index (κ3) is 4.06. The predicted octanol–water partition coefficient (Wildman–Crippen LogP) is 5.15. The number of benzene rings is 2. The number of fused-ring (bicyclic) bond motifs is 1. The number of anilines is 2. The summed E-state index contributed by atoms with van der Waals surface area (Å²) in [5.41, 5.74) is 3.21. The molecule has 170 valence electrons. The van der Waals surface area contributed by atoms with Crippen molar-refractivity contribution in [2.45, 2.75) is 26.3 Å². The van der Waals surface area contributed by atoms with E-state index < -0.39 is 0 Å². The topological polar surface area (TPSA) is 83.5 Å². The van der Waals surface area contributed by atoms with Gasteiger partial charge in [0, 0.05) is 29.6 Å². The molecule has 9 heteroatoms. The molecule has 0 radical (unpaired) electrons. The van der Waals surface area contributed by atoms with Gasteiger partial charge < -0.3 is 0 Å². The quantitative estimate of drug-likeness (QED) is 0.361. The summed E-state index contributed by atoms with van der Waals surface area (Å²) < 4.78 is 0.928. The summed E-state index contributed by atoms with van der Waals surface area (Å²) in [4.78, 5) is 49.6. The van der Waals surface area contributed by atoms with E-state index in [0.29, 0.717) is 21.4 Å². The molecule has 3 amide bonds. The largest absolute Gasteiger partial charge is 0.278 e. The molecule has 7 nitrogen and oxygen atoms in total. The molecule has 4 aromatic rings. The number of hydrogen-bond acceptors (Lipinski definition) is 6. The summed E-state index contributed by atoms with van der Waals surface area (Å²) in [7, 11) is 0. The molecule has 2 aromatic heterocycles. The van der Waals surface area contributed by atoms with E-state index in [-0.39, 0.29) is 37.1 Å². The molecule has 1 saturated heterocycles. The number of aromatic nitrogens is 2. The Labute approximate surface area is 204 Å². The number of imide groups is 1. The van der Waals surface area contributed by atoms with Gasteiger partial charge in [0.2, 0.25) is 11.8 Å². The Kier molecular flexibility index (Phi) is 5.85. The highest BCUT2D eigenvalue weighted by atomic mass is 35.5. The monoisotopic (exact) mass is 490 g/mol. The predicted molar refractivity (Wildman–Crippen MR) is 132 cm³/mol. The minimum atomic E-state index is -0.265. The third-order valence-electron chi connectivity index (χ3n) is 5.68. The second-order valence-corrected chi connectivity index (χ2v) is 9.31. The second-order valence-electron chi connectivity index (χ2n) is 7.90. The van der Waals surface area contributed by atoms with Crippen molar-refractivity contribution in [3.05, 3.63) is 82.6 Å². The van der Waals surface area contributed by atoms with Crippen molar-refractivity contribution in [1.29, 1.82) is 0 Å². The van der Waals surface area contributed by atoms with Gasteiger partial charge in [0.15, 0.2) is 5.13 Å². The van der Waals surface area contributed by atoms with Crippen molar-refractivity contribution in [3.63, 3.8) is 0 Å². The average Bonchev–Trinajstić information content (AvgIpc) is 3.43. The number of rotatable bonds is 5. The van der Waals surface area contributed by atoms with Crippen LogP contribution in [0.15, 0.2) is 60.8 Å². The van der Waals surface area contributed by atoms with Crippen LogP contribution in [0.25, 0.3) is 10.2 Å². The highest BCUT2D eigenvalue weighted by Crippen LogP contribution is 2.35. The zero-order valence-corrected chi connectivity index (χ0v) is 19.8. The van der Waals surface area contributed by atoms with Crippen molar-refractivity contribution in [2.75, 3.05) is 9.80 Å². The maximum absolute atomic E-state index is 13.6. The van der Waals surface area contributed by atoms with E-state index in [2.05, 4.69) is 4.98 Å². The summed E-state index contributed by atoms with van der Waals surface area (Å²) in [5, 5.41) is 1.15. The van der Waals surface area contributed by atoms with E-state index in [0.717, 1.165) is 21.5 Å². The number of carbonyl (C=O) groups is 3. The number of hydrogen-bond donors (Lipinski definition) is 0. The van der Waals surface area contributed by atoms with Crippen molar-refractivity contribution >= 4 is 61.7 Å². The van der Waals surface area contributed by atoms with Gasteiger partial charge in [-0.15, -0.1) is 0 Å². The van der Waals surface area contributed by atoms with E-state index in [1.807, 2.05) is 37.3 Å². The summed E-state index contributed by atoms with van der Waals surface area (Å²) in [6.45, 7) is 2.13. The molecule has 0 unspecified atom stereocenters. The first-order valence-corrected chi connectivity index (χ1v) is 11.8. The van der Waals surface area contributed by atoms with Gasteiger partial charge in [-0.05, 0) is 61.0 Å². The Bertz CT molecular complexity index is 1400. The van der Waals surface area contributed by atoms with Crippen molar-refractivity contribution in [3.8, 4) is 0 Å². The minimum absolute atomic E-state index is 0.207. The molecule has 0 aliphatic carbocycles. The number of pyridine rings is 1. The van der Waals surface area contributed by atoms with Crippen LogP contribution in [-0.4, -0.2) is 27.7 Å². The first-order chi connectivity index (χ1) is 16.4. The molecular formula is C25H19ClN4O3S. The van der Waals surface area contributed by atoms with Gasteiger partial charge in [-0.25, -0.2) is 4.98 Å². The first-order valence-electron chi connectivity index (χ1n) is 10.7. The Morgan fingerprint density at radius 2 is 1.79 bits per heavy atom. The lowest BCUT2D eigenvalue weighted by Gasteiger charge is -2.20. The van der Waals surface area contributed by atoms with Crippen LogP contribution in [0.2, 0.25) is 5.02 Å². The average molecular weight is 491 g/mol. The Hall–Kier alpha value is -3.62. The van der Waals surface area contributed by atoms with Crippen LogP contribution < -0.4 is 9.80 Å². The lowest BCUT2D eigenvalue weighted by molar-refractivity contribution is -0.121. The highest BCUT2D eigenvalue weighted by Gasteiger charge is 2.30. The fourth-order valence-electron chi connectivity index (χ4n) is 3.86. The lowest BCUT2D eigenvalue weighted by atomic mass is 10.1. The maximum atomic E-state index is 13.6. The van der Waals surface area contributed by atoms with Crippen LogP contribution in [0.4, 0.5) is 10.8 Å². The number of amides is 3. The van der Waals surface area contributed by atoms with E-state index in [9.17, 15) is 14.4 Å². The van der Waals surface area contributed by atoms with E-state index in [1.54, 1.807) is 35.4 Å². The smallest absolute Gasteiger partial charge is 0.260 e. The molecule has 0 N–H and O–H groups in total. The summed E-state index contributed by atoms with van der Waals surface area (Å²) in [5.74, 6) is -0.729. The molecule has 0 atom stereocenters. The number of halogens is 1. The highest BCUT2D eigenvalue weighted by molar-refractivity contribution is 7.22. The standard InChI is InChI=1S/C25H19ClN4O3S/c1-15-19(26)9-10-20-23(15)28-25(34-20)29(14-17-4-2-3-13-27-17)24(33)16-5-7-18(8-6-16)30-21(31)11-12-22(30)32/h2-10,13H,11-12,14H2,1H3. The number of nitrogens with zero attached hydrogens (tertiary/aromatic N) is 4. The normalized spacial score (nSPS) is 13.6. The molecular weight excluding hydrogens is 472 g/mol. The Morgan fingerprint density at radius 1 is 1.06 bits per heavy atom. The molecule has 0 saturated carbocycles. The summed E-state index contributed by atoms with van der Waals surface area (Å²) in [6, 6.07) is 15.7. The number of carbonyl (C=O) groups excluding carboxylic acids is 3. The molecule has 1 aliphatic heterocycles. The van der Waals surface area contributed by atoms with Crippen LogP contribution in [0.1, 0.15) is 34.5 Å². The molecule has 1 aliphatic rings. The van der Waals surface area contributed by atoms with Crippen molar-refractivity contribution in [2.24, 2.45) is 0 Å². The van der Waals surface area contributed by atoms with Crippen molar-refractivity contribution < 1.29 is 14.4 Å². The van der Waals surface area contributed by atoms with Crippen molar-refractivity contribution in [1.82, 2.24) is 9.97 Å². The van der Waals surface area contributed by atoms with E-state index in [1.165, 1.54) is 16.2 Å². The first kappa shape index (κ1) is 22.2.